The van der Waals surface area contributed by atoms with Crippen molar-refractivity contribution in [2.45, 2.75) is 13.8 Å². The van der Waals surface area contributed by atoms with Crippen molar-refractivity contribution in [3.8, 4) is 5.75 Å². The third kappa shape index (κ3) is 5.61. The molecule has 2 aromatic rings. The average molecular weight is 341 g/mol. The van der Waals surface area contributed by atoms with E-state index in [9.17, 15) is 9.59 Å². The first-order chi connectivity index (χ1) is 12.0. The fourth-order valence-electron chi connectivity index (χ4n) is 2.16. The molecule has 25 heavy (non-hydrogen) atoms. The van der Waals surface area contributed by atoms with E-state index in [-0.39, 0.29) is 18.4 Å². The van der Waals surface area contributed by atoms with Crippen LogP contribution in [-0.2, 0) is 4.79 Å². The lowest BCUT2D eigenvalue weighted by Crippen LogP contribution is -2.32. The summed E-state index contributed by atoms with van der Waals surface area (Å²) in [5, 5.41) is 5.33. The smallest absolute Gasteiger partial charge is 0.251 e. The Labute approximate surface area is 147 Å². The summed E-state index contributed by atoms with van der Waals surface area (Å²) in [5.74, 6) is 0.114. The van der Waals surface area contributed by atoms with Crippen LogP contribution in [0.25, 0.3) is 0 Å². The molecule has 6 heteroatoms. The van der Waals surface area contributed by atoms with Crippen LogP contribution < -0.4 is 21.1 Å². The first-order valence-corrected chi connectivity index (χ1v) is 8.08. The second-order valence-corrected chi connectivity index (χ2v) is 5.69. The lowest BCUT2D eigenvalue weighted by molar-refractivity contribution is -0.115. The van der Waals surface area contributed by atoms with Gasteiger partial charge in [0, 0.05) is 17.8 Å². The summed E-state index contributed by atoms with van der Waals surface area (Å²) in [4.78, 5) is 24.0. The number of rotatable bonds is 7. The number of anilines is 1. The monoisotopic (exact) mass is 341 g/mol. The maximum absolute atomic E-state index is 12.1. The molecule has 6 nitrogen and oxygen atoms in total. The number of nitrogens with two attached hydrogens (primary N) is 1. The first kappa shape index (κ1) is 18.5. The SMILES string of the molecule is Cc1ccc(C(=O)NCC(=O)Nc2ccc(OCCN)cc2)cc1C. The first-order valence-electron chi connectivity index (χ1n) is 8.08. The fraction of sp³-hybridized carbons (Fsp3) is 0.263. The molecule has 0 unspecified atom stereocenters. The predicted octanol–water partition coefficient (Wildman–Crippen LogP) is 2.01. The number of hydrogen-bond acceptors (Lipinski definition) is 4. The third-order valence-corrected chi connectivity index (χ3v) is 3.70. The molecule has 132 valence electrons. The summed E-state index contributed by atoms with van der Waals surface area (Å²) in [6.45, 7) is 4.71. The van der Waals surface area contributed by atoms with Gasteiger partial charge in [0.25, 0.3) is 5.91 Å². The molecule has 0 aromatic heterocycles. The summed E-state index contributed by atoms with van der Waals surface area (Å²) in [6.07, 6.45) is 0. The van der Waals surface area contributed by atoms with Gasteiger partial charge >= 0.3 is 0 Å². The number of aryl methyl sites for hydroxylation is 2. The van der Waals surface area contributed by atoms with Crippen LogP contribution in [0, 0.1) is 13.8 Å². The van der Waals surface area contributed by atoms with E-state index < -0.39 is 0 Å². The molecule has 0 spiro atoms. The summed E-state index contributed by atoms with van der Waals surface area (Å²) < 4.78 is 5.37. The zero-order chi connectivity index (χ0) is 18.2. The molecule has 0 radical (unpaired) electrons. The molecule has 2 aromatic carbocycles. The molecule has 4 N–H and O–H groups in total. The van der Waals surface area contributed by atoms with E-state index in [1.807, 2.05) is 26.0 Å². The Morgan fingerprint density at radius 3 is 2.40 bits per heavy atom. The molecule has 0 atom stereocenters. The van der Waals surface area contributed by atoms with Crippen LogP contribution in [0.3, 0.4) is 0 Å². The van der Waals surface area contributed by atoms with Gasteiger partial charge in [-0.15, -0.1) is 0 Å². The Kier molecular flexibility index (Phi) is 6.54. The molecule has 0 saturated heterocycles. The van der Waals surface area contributed by atoms with Crippen molar-refractivity contribution in [2.75, 3.05) is 25.0 Å². The van der Waals surface area contributed by atoms with Crippen LogP contribution in [0.15, 0.2) is 42.5 Å². The molecule has 0 heterocycles. The number of carbonyl (C=O) groups excluding carboxylic acids is 2. The molecular weight excluding hydrogens is 318 g/mol. The van der Waals surface area contributed by atoms with Gasteiger partial charge in [0.15, 0.2) is 0 Å². The molecule has 0 fully saturated rings. The highest BCUT2D eigenvalue weighted by Gasteiger charge is 2.09. The summed E-state index contributed by atoms with van der Waals surface area (Å²) in [5.41, 5.74) is 8.70. The van der Waals surface area contributed by atoms with E-state index in [0.717, 1.165) is 11.1 Å². The van der Waals surface area contributed by atoms with E-state index in [1.165, 1.54) is 0 Å². The lowest BCUT2D eigenvalue weighted by Gasteiger charge is -2.09. The van der Waals surface area contributed by atoms with Crippen molar-refractivity contribution < 1.29 is 14.3 Å². The number of carbonyl (C=O) groups is 2. The minimum absolute atomic E-state index is 0.100. The Hall–Kier alpha value is -2.86. The molecule has 0 aliphatic carbocycles. The van der Waals surface area contributed by atoms with Gasteiger partial charge < -0.3 is 21.1 Å². The molecule has 2 amide bonds. The third-order valence-electron chi connectivity index (χ3n) is 3.70. The van der Waals surface area contributed by atoms with Gasteiger partial charge in [-0.25, -0.2) is 0 Å². The second kappa shape index (κ2) is 8.84. The van der Waals surface area contributed by atoms with Gasteiger partial charge in [-0.1, -0.05) is 6.07 Å². The van der Waals surface area contributed by atoms with Gasteiger partial charge in [-0.3, -0.25) is 9.59 Å². The van der Waals surface area contributed by atoms with Crippen molar-refractivity contribution in [1.29, 1.82) is 0 Å². The fourth-order valence-corrected chi connectivity index (χ4v) is 2.16. The molecular formula is C19H23N3O3. The van der Waals surface area contributed by atoms with Crippen molar-refractivity contribution in [1.82, 2.24) is 5.32 Å². The molecule has 2 rings (SSSR count). The van der Waals surface area contributed by atoms with Crippen molar-refractivity contribution >= 4 is 17.5 Å². The maximum atomic E-state index is 12.1. The highest BCUT2D eigenvalue weighted by molar-refractivity contribution is 5.99. The van der Waals surface area contributed by atoms with Crippen LogP contribution in [0.5, 0.6) is 5.75 Å². The van der Waals surface area contributed by atoms with Crippen LogP contribution in [0.1, 0.15) is 21.5 Å². The van der Waals surface area contributed by atoms with Crippen molar-refractivity contribution in [3.63, 3.8) is 0 Å². The van der Waals surface area contributed by atoms with E-state index in [4.69, 9.17) is 10.5 Å². The Balaban J connectivity index is 1.83. The Morgan fingerprint density at radius 1 is 1.04 bits per heavy atom. The Bertz CT molecular complexity index is 742. The molecule has 0 aliphatic rings. The van der Waals surface area contributed by atoms with Crippen LogP contribution in [0.4, 0.5) is 5.69 Å². The van der Waals surface area contributed by atoms with Gasteiger partial charge in [-0.05, 0) is 61.4 Å². The maximum Gasteiger partial charge on any atom is 0.251 e. The average Bonchev–Trinajstić information content (AvgIpc) is 2.61. The summed E-state index contributed by atoms with van der Waals surface area (Å²) in [6, 6.07) is 12.4. The largest absolute Gasteiger partial charge is 0.492 e. The van der Waals surface area contributed by atoms with Gasteiger partial charge in [0.2, 0.25) is 5.91 Å². The number of amides is 2. The van der Waals surface area contributed by atoms with Crippen LogP contribution >= 0.6 is 0 Å². The van der Waals surface area contributed by atoms with Crippen LogP contribution in [-0.4, -0.2) is 31.5 Å². The highest BCUT2D eigenvalue weighted by atomic mass is 16.5. The van der Waals surface area contributed by atoms with E-state index >= 15 is 0 Å². The van der Waals surface area contributed by atoms with Gasteiger partial charge in [-0.2, -0.15) is 0 Å². The van der Waals surface area contributed by atoms with Gasteiger partial charge in [0.1, 0.15) is 12.4 Å². The summed E-state index contributed by atoms with van der Waals surface area (Å²) in [7, 11) is 0. The number of benzene rings is 2. The topological polar surface area (TPSA) is 93.5 Å². The minimum atomic E-state index is -0.298. The normalized spacial score (nSPS) is 10.2. The Morgan fingerprint density at radius 2 is 1.76 bits per heavy atom. The molecule has 0 bridgehead atoms. The van der Waals surface area contributed by atoms with Crippen molar-refractivity contribution in [2.24, 2.45) is 5.73 Å². The zero-order valence-corrected chi connectivity index (χ0v) is 14.5. The number of nitrogens with one attached hydrogen (secondary N) is 2. The van der Waals surface area contributed by atoms with Crippen molar-refractivity contribution in [3.05, 3.63) is 59.2 Å². The van der Waals surface area contributed by atoms with E-state index in [2.05, 4.69) is 10.6 Å². The number of hydrogen-bond donors (Lipinski definition) is 3. The minimum Gasteiger partial charge on any atom is -0.492 e. The van der Waals surface area contributed by atoms with E-state index in [0.29, 0.717) is 30.2 Å². The summed E-state index contributed by atoms with van der Waals surface area (Å²) >= 11 is 0. The number of ether oxygens (including phenoxy) is 1. The van der Waals surface area contributed by atoms with E-state index in [1.54, 1.807) is 30.3 Å². The standard InChI is InChI=1S/C19H23N3O3/c1-13-3-4-15(11-14(13)2)19(24)21-12-18(23)22-16-5-7-17(8-6-16)25-10-9-20/h3-8,11H,9-10,12,20H2,1-2H3,(H,21,24)(H,22,23). The zero-order valence-electron chi connectivity index (χ0n) is 14.5. The predicted molar refractivity (Wildman–Crippen MR) is 97.9 cm³/mol. The second-order valence-electron chi connectivity index (χ2n) is 5.69. The van der Waals surface area contributed by atoms with Gasteiger partial charge in [0.05, 0.1) is 6.54 Å². The molecule has 0 aliphatic heterocycles. The quantitative estimate of drug-likeness (QED) is 0.718. The highest BCUT2D eigenvalue weighted by Crippen LogP contribution is 2.15. The van der Waals surface area contributed by atoms with Crippen LogP contribution in [0.2, 0.25) is 0 Å². The molecule has 0 saturated carbocycles. The lowest BCUT2D eigenvalue weighted by atomic mass is 10.1.